The molecule has 2 aromatic carbocycles. The Labute approximate surface area is 129 Å². The monoisotopic (exact) mass is 300 g/mol. The number of benzene rings is 2. The molecular weight excluding hydrogens is 283 g/mol. The average molecular weight is 300 g/mol. The molecule has 0 aromatic heterocycles. The van der Waals surface area contributed by atoms with Crippen molar-refractivity contribution in [1.82, 2.24) is 0 Å². The first-order valence-electron chi connectivity index (χ1n) is 7.11. The Morgan fingerprint density at radius 2 is 1.95 bits per heavy atom. The highest BCUT2D eigenvalue weighted by molar-refractivity contribution is 7.80. The van der Waals surface area contributed by atoms with E-state index in [0.29, 0.717) is 5.56 Å². The standard InChI is InChI=1S/C17H17FN2S/c18-15-11-13(8-9-14(15)17(19)21)20-10-4-3-6-12-5-1-2-7-16(12)20/h1-2,5,7-9,11H,3-4,6,10H2,(H2,19,21). The number of thiocarbonyl (C=S) groups is 1. The number of halogens is 1. The first-order chi connectivity index (χ1) is 10.2. The van der Waals surface area contributed by atoms with Crippen LogP contribution in [0.3, 0.4) is 0 Å². The van der Waals surface area contributed by atoms with Gasteiger partial charge in [0.15, 0.2) is 0 Å². The summed E-state index contributed by atoms with van der Waals surface area (Å²) in [5, 5.41) is 0. The van der Waals surface area contributed by atoms with Crippen LogP contribution >= 0.6 is 12.2 Å². The first-order valence-corrected chi connectivity index (χ1v) is 7.52. The molecule has 0 fully saturated rings. The third kappa shape index (κ3) is 2.76. The Balaban J connectivity index is 2.04. The fourth-order valence-corrected chi connectivity index (χ4v) is 3.00. The van der Waals surface area contributed by atoms with Gasteiger partial charge >= 0.3 is 0 Å². The van der Waals surface area contributed by atoms with Gasteiger partial charge in [-0.3, -0.25) is 0 Å². The lowest BCUT2D eigenvalue weighted by Gasteiger charge is -2.25. The number of nitrogens with two attached hydrogens (primary N) is 1. The molecule has 2 nitrogen and oxygen atoms in total. The van der Waals surface area contributed by atoms with Crippen molar-refractivity contribution < 1.29 is 4.39 Å². The second kappa shape index (κ2) is 5.82. The van der Waals surface area contributed by atoms with Gasteiger partial charge in [-0.05, 0) is 49.1 Å². The molecule has 1 aliphatic heterocycles. The van der Waals surface area contributed by atoms with E-state index >= 15 is 0 Å². The molecule has 0 radical (unpaired) electrons. The summed E-state index contributed by atoms with van der Waals surface area (Å²) >= 11 is 4.86. The van der Waals surface area contributed by atoms with Crippen LogP contribution in [0.25, 0.3) is 0 Å². The van der Waals surface area contributed by atoms with Gasteiger partial charge in [0.2, 0.25) is 0 Å². The number of hydrogen-bond acceptors (Lipinski definition) is 2. The molecule has 3 rings (SSSR count). The third-order valence-electron chi connectivity index (χ3n) is 3.89. The van der Waals surface area contributed by atoms with E-state index in [2.05, 4.69) is 23.1 Å². The van der Waals surface area contributed by atoms with Crippen molar-refractivity contribution in [1.29, 1.82) is 0 Å². The number of fused-ring (bicyclic) bond motifs is 1. The van der Waals surface area contributed by atoms with E-state index in [9.17, 15) is 4.39 Å². The number of para-hydroxylation sites is 1. The van der Waals surface area contributed by atoms with Crippen molar-refractivity contribution in [2.24, 2.45) is 5.73 Å². The van der Waals surface area contributed by atoms with Gasteiger partial charge in [0.25, 0.3) is 0 Å². The van der Waals surface area contributed by atoms with Crippen LogP contribution < -0.4 is 10.6 Å². The molecular formula is C17H17FN2S. The van der Waals surface area contributed by atoms with E-state index in [4.69, 9.17) is 18.0 Å². The van der Waals surface area contributed by atoms with Crippen molar-refractivity contribution in [2.75, 3.05) is 11.4 Å². The summed E-state index contributed by atoms with van der Waals surface area (Å²) in [6.45, 7) is 0.892. The zero-order valence-electron chi connectivity index (χ0n) is 11.7. The lowest BCUT2D eigenvalue weighted by atomic mass is 10.1. The van der Waals surface area contributed by atoms with E-state index in [1.165, 1.54) is 11.6 Å². The minimum atomic E-state index is -0.360. The molecule has 1 aliphatic rings. The Morgan fingerprint density at radius 1 is 1.14 bits per heavy atom. The lowest BCUT2D eigenvalue weighted by Crippen LogP contribution is -2.19. The maximum absolute atomic E-state index is 14.1. The molecule has 0 saturated carbocycles. The highest BCUT2D eigenvalue weighted by atomic mass is 32.1. The van der Waals surface area contributed by atoms with Gasteiger partial charge in [-0.25, -0.2) is 4.39 Å². The molecule has 0 bridgehead atoms. The lowest BCUT2D eigenvalue weighted by molar-refractivity contribution is 0.625. The molecule has 21 heavy (non-hydrogen) atoms. The quantitative estimate of drug-likeness (QED) is 0.852. The van der Waals surface area contributed by atoms with Gasteiger partial charge < -0.3 is 10.6 Å². The Kier molecular flexibility index (Phi) is 3.88. The topological polar surface area (TPSA) is 29.3 Å². The van der Waals surface area contributed by atoms with Crippen LogP contribution in [0.2, 0.25) is 0 Å². The average Bonchev–Trinajstić information content (AvgIpc) is 2.69. The Morgan fingerprint density at radius 3 is 2.71 bits per heavy atom. The second-order valence-electron chi connectivity index (χ2n) is 5.27. The smallest absolute Gasteiger partial charge is 0.135 e. The van der Waals surface area contributed by atoms with Crippen LogP contribution in [0.15, 0.2) is 42.5 Å². The van der Waals surface area contributed by atoms with Crippen LogP contribution in [0.1, 0.15) is 24.0 Å². The number of anilines is 2. The highest BCUT2D eigenvalue weighted by Crippen LogP contribution is 2.33. The van der Waals surface area contributed by atoms with Gasteiger partial charge in [0.1, 0.15) is 10.8 Å². The van der Waals surface area contributed by atoms with Gasteiger partial charge in [0, 0.05) is 23.5 Å². The third-order valence-corrected chi connectivity index (χ3v) is 4.11. The van der Waals surface area contributed by atoms with E-state index in [1.54, 1.807) is 6.07 Å². The molecule has 0 amide bonds. The number of nitrogens with zero attached hydrogens (tertiary/aromatic N) is 1. The van der Waals surface area contributed by atoms with E-state index in [0.717, 1.165) is 37.2 Å². The van der Waals surface area contributed by atoms with Crippen LogP contribution in [-0.4, -0.2) is 11.5 Å². The maximum Gasteiger partial charge on any atom is 0.135 e. The molecule has 0 atom stereocenters. The predicted molar refractivity (Wildman–Crippen MR) is 88.7 cm³/mol. The van der Waals surface area contributed by atoms with Crippen molar-refractivity contribution in [3.05, 3.63) is 59.4 Å². The van der Waals surface area contributed by atoms with Gasteiger partial charge in [-0.1, -0.05) is 30.4 Å². The SMILES string of the molecule is NC(=S)c1ccc(N2CCCCc3ccccc32)cc1F. The minimum absolute atomic E-state index is 0.0929. The maximum atomic E-state index is 14.1. The molecule has 0 spiro atoms. The van der Waals surface area contributed by atoms with Gasteiger partial charge in [-0.15, -0.1) is 0 Å². The van der Waals surface area contributed by atoms with Crippen LogP contribution in [0, 0.1) is 5.82 Å². The predicted octanol–water partition coefficient (Wildman–Crippen LogP) is 3.93. The van der Waals surface area contributed by atoms with E-state index in [-0.39, 0.29) is 10.8 Å². The zero-order chi connectivity index (χ0) is 14.8. The number of aryl methyl sites for hydroxylation is 1. The van der Waals surface area contributed by atoms with Gasteiger partial charge in [0.05, 0.1) is 0 Å². The largest absolute Gasteiger partial charge is 0.389 e. The molecule has 0 unspecified atom stereocenters. The first kappa shape index (κ1) is 14.0. The van der Waals surface area contributed by atoms with E-state index < -0.39 is 0 Å². The summed E-state index contributed by atoms with van der Waals surface area (Å²) in [6, 6.07) is 13.4. The summed E-state index contributed by atoms with van der Waals surface area (Å²) < 4.78 is 14.1. The molecule has 2 aromatic rings. The molecule has 0 aliphatic carbocycles. The Bertz CT molecular complexity index is 684. The van der Waals surface area contributed by atoms with Crippen LogP contribution in [-0.2, 0) is 6.42 Å². The zero-order valence-corrected chi connectivity index (χ0v) is 12.5. The number of rotatable bonds is 2. The minimum Gasteiger partial charge on any atom is -0.389 e. The highest BCUT2D eigenvalue weighted by Gasteiger charge is 2.17. The summed E-state index contributed by atoms with van der Waals surface area (Å²) in [7, 11) is 0. The van der Waals surface area contributed by atoms with Gasteiger partial charge in [-0.2, -0.15) is 0 Å². The summed E-state index contributed by atoms with van der Waals surface area (Å²) in [5.74, 6) is -0.360. The second-order valence-corrected chi connectivity index (χ2v) is 5.71. The van der Waals surface area contributed by atoms with Crippen molar-refractivity contribution in [3.63, 3.8) is 0 Å². The molecule has 108 valence electrons. The fraction of sp³-hybridized carbons (Fsp3) is 0.235. The Hall–Kier alpha value is -1.94. The van der Waals surface area contributed by atoms with Crippen molar-refractivity contribution >= 4 is 28.6 Å². The molecule has 2 N–H and O–H groups in total. The van der Waals surface area contributed by atoms with Crippen LogP contribution in [0.4, 0.5) is 15.8 Å². The number of hydrogen-bond donors (Lipinski definition) is 1. The summed E-state index contributed by atoms with van der Waals surface area (Å²) in [4.78, 5) is 2.27. The van der Waals surface area contributed by atoms with E-state index in [1.807, 2.05) is 12.1 Å². The summed E-state index contributed by atoms with van der Waals surface area (Å²) in [5.41, 5.74) is 9.15. The molecule has 1 heterocycles. The fourth-order valence-electron chi connectivity index (χ4n) is 2.83. The normalized spacial score (nSPS) is 14.4. The molecule has 4 heteroatoms. The van der Waals surface area contributed by atoms with Crippen molar-refractivity contribution in [3.8, 4) is 0 Å². The molecule has 0 saturated heterocycles. The van der Waals surface area contributed by atoms with Crippen molar-refractivity contribution in [2.45, 2.75) is 19.3 Å². The summed E-state index contributed by atoms with van der Waals surface area (Å²) in [6.07, 6.45) is 3.31. The van der Waals surface area contributed by atoms with Crippen LogP contribution in [0.5, 0.6) is 0 Å².